The number of nitrogens with one attached hydrogen (secondary N) is 2. The minimum Gasteiger partial charge on any atom is -0.462 e. The molecule has 0 aliphatic carbocycles. The van der Waals surface area contributed by atoms with Crippen LogP contribution >= 0.6 is 0 Å². The lowest BCUT2D eigenvalue weighted by molar-refractivity contribution is 0.0526. The Balaban J connectivity index is 1.87. The summed E-state index contributed by atoms with van der Waals surface area (Å²) in [5.74, 6) is 0.0561. The summed E-state index contributed by atoms with van der Waals surface area (Å²) >= 11 is 0. The van der Waals surface area contributed by atoms with Crippen LogP contribution in [-0.4, -0.2) is 23.5 Å². The van der Waals surface area contributed by atoms with Crippen LogP contribution in [0.3, 0.4) is 0 Å². The molecule has 0 saturated heterocycles. The van der Waals surface area contributed by atoms with Crippen molar-refractivity contribution in [2.75, 3.05) is 23.4 Å². The topological polar surface area (TPSA) is 175 Å². The molecule has 1 aliphatic heterocycles. The number of hydrogen-bond donors (Lipinski definition) is 4. The third-order valence-corrected chi connectivity index (χ3v) is 5.32. The number of pyridine rings is 1. The first kappa shape index (κ1) is 22.1. The predicted octanol–water partition coefficient (Wildman–Crippen LogP) is 2.90. The van der Waals surface area contributed by atoms with Crippen molar-refractivity contribution in [1.82, 2.24) is 10.3 Å². The van der Waals surface area contributed by atoms with Crippen molar-refractivity contribution in [3.05, 3.63) is 70.8 Å². The van der Waals surface area contributed by atoms with Crippen LogP contribution in [0.2, 0.25) is 0 Å². The molecule has 0 amide bonds. The largest absolute Gasteiger partial charge is 0.462 e. The number of nitrogen functional groups attached to an aromatic ring is 2. The van der Waals surface area contributed by atoms with Crippen LogP contribution < -0.4 is 22.1 Å². The molecule has 0 spiro atoms. The molecular weight excluding hydrogens is 432 g/mol. The van der Waals surface area contributed by atoms with Gasteiger partial charge in [0.1, 0.15) is 29.3 Å². The van der Waals surface area contributed by atoms with E-state index in [1.807, 2.05) is 48.7 Å². The van der Waals surface area contributed by atoms with Crippen molar-refractivity contribution in [3.63, 3.8) is 0 Å². The van der Waals surface area contributed by atoms with Gasteiger partial charge in [-0.1, -0.05) is 36.4 Å². The number of hydrogen-bond acceptors (Lipinski definition) is 10. The van der Waals surface area contributed by atoms with Crippen LogP contribution in [0.15, 0.2) is 53.5 Å². The number of esters is 1. The maximum Gasteiger partial charge on any atom is 0.338 e. The number of carbonyl (C=O) groups is 1. The van der Waals surface area contributed by atoms with E-state index in [1.54, 1.807) is 19.1 Å². The Morgan fingerprint density at radius 2 is 1.91 bits per heavy atom. The monoisotopic (exact) mass is 452 g/mol. The Bertz CT molecular complexity index is 1380. The van der Waals surface area contributed by atoms with Crippen molar-refractivity contribution in [3.8, 4) is 23.4 Å². The Kier molecular flexibility index (Phi) is 5.97. The molecule has 0 radical (unpaired) electrons. The third-order valence-electron chi connectivity index (χ3n) is 5.32. The van der Waals surface area contributed by atoms with Gasteiger partial charge in [-0.15, -0.1) is 0 Å². The summed E-state index contributed by atoms with van der Waals surface area (Å²) in [4.78, 5) is 20.9. The SMILES string of the molecule is CCOC(=O)c1ccc(-c2ccccc2C2N=C(NC#N)Nc3nc(N)c(C#N)c(N)c32)cc1. The van der Waals surface area contributed by atoms with Gasteiger partial charge in [0.05, 0.1) is 17.9 Å². The summed E-state index contributed by atoms with van der Waals surface area (Å²) in [7, 11) is 0. The number of nitrogens with two attached hydrogens (primary N) is 2. The highest BCUT2D eigenvalue weighted by molar-refractivity contribution is 5.99. The number of anilines is 3. The van der Waals surface area contributed by atoms with Gasteiger partial charge in [0.15, 0.2) is 6.19 Å². The van der Waals surface area contributed by atoms with E-state index < -0.39 is 12.0 Å². The number of aliphatic imine (C=N–C) groups is 1. The number of nitrogens with zero attached hydrogens (tertiary/aromatic N) is 4. The summed E-state index contributed by atoms with van der Waals surface area (Å²) < 4.78 is 5.06. The van der Waals surface area contributed by atoms with E-state index >= 15 is 0 Å². The molecule has 168 valence electrons. The molecule has 10 nitrogen and oxygen atoms in total. The second kappa shape index (κ2) is 9.18. The van der Waals surface area contributed by atoms with Gasteiger partial charge in [-0.25, -0.2) is 14.8 Å². The average Bonchev–Trinajstić information content (AvgIpc) is 2.84. The molecule has 1 unspecified atom stereocenters. The van der Waals surface area contributed by atoms with Gasteiger partial charge in [-0.2, -0.15) is 10.5 Å². The van der Waals surface area contributed by atoms with Crippen molar-refractivity contribution in [2.45, 2.75) is 13.0 Å². The zero-order valence-electron chi connectivity index (χ0n) is 18.2. The number of aromatic nitrogens is 1. The minimum atomic E-state index is -0.687. The third kappa shape index (κ3) is 3.92. The molecule has 3 aromatic rings. The molecule has 0 saturated carbocycles. The standard InChI is InChI=1S/C24H20N8O2/c1-2-34-23(33)14-9-7-13(8-10-14)15-5-3-4-6-16(15)20-18-19(27)17(11-25)21(28)31-22(18)32-24(30-20)29-12-26/h3-10,20H,2H2,1H3,(H6,27,28,29,30,31,32). The average molecular weight is 452 g/mol. The Morgan fingerprint density at radius 1 is 1.18 bits per heavy atom. The first-order valence-electron chi connectivity index (χ1n) is 10.3. The van der Waals surface area contributed by atoms with Crippen molar-refractivity contribution in [2.24, 2.45) is 4.99 Å². The lowest BCUT2D eigenvalue weighted by atomic mass is 9.89. The zero-order valence-corrected chi connectivity index (χ0v) is 18.2. The number of nitriles is 2. The molecule has 2 aromatic carbocycles. The summed E-state index contributed by atoms with van der Waals surface area (Å²) in [6, 6.07) is 15.8. The lowest BCUT2D eigenvalue weighted by Gasteiger charge is -2.27. The van der Waals surface area contributed by atoms with E-state index in [2.05, 4.69) is 20.6 Å². The van der Waals surface area contributed by atoms with E-state index in [4.69, 9.17) is 21.5 Å². The minimum absolute atomic E-state index is 0.0222. The highest BCUT2D eigenvalue weighted by atomic mass is 16.5. The molecule has 1 aromatic heterocycles. The Labute approximate surface area is 195 Å². The number of ether oxygens (including phenoxy) is 1. The summed E-state index contributed by atoms with van der Waals surface area (Å²) in [5, 5.41) is 24.1. The van der Waals surface area contributed by atoms with Gasteiger partial charge in [0.2, 0.25) is 5.96 Å². The van der Waals surface area contributed by atoms with Crippen LogP contribution in [0.25, 0.3) is 11.1 Å². The fourth-order valence-electron chi connectivity index (χ4n) is 3.80. The van der Waals surface area contributed by atoms with Crippen LogP contribution in [0, 0.1) is 22.8 Å². The first-order valence-corrected chi connectivity index (χ1v) is 10.3. The van der Waals surface area contributed by atoms with Crippen molar-refractivity contribution < 1.29 is 9.53 Å². The molecule has 0 fully saturated rings. The van der Waals surface area contributed by atoms with E-state index in [-0.39, 0.29) is 23.0 Å². The lowest BCUT2D eigenvalue weighted by Crippen LogP contribution is -2.32. The van der Waals surface area contributed by atoms with E-state index in [9.17, 15) is 10.1 Å². The first-order chi connectivity index (χ1) is 16.5. The Hall–Kier alpha value is -5.09. The van der Waals surface area contributed by atoms with Gasteiger partial charge >= 0.3 is 5.97 Å². The predicted molar refractivity (Wildman–Crippen MR) is 127 cm³/mol. The second-order valence-corrected chi connectivity index (χ2v) is 7.29. The zero-order chi connectivity index (χ0) is 24.2. The van der Waals surface area contributed by atoms with Gasteiger partial charge < -0.3 is 21.5 Å². The molecule has 1 atom stereocenters. The van der Waals surface area contributed by atoms with E-state index in [1.165, 1.54) is 0 Å². The van der Waals surface area contributed by atoms with Crippen LogP contribution in [-0.2, 0) is 4.74 Å². The smallest absolute Gasteiger partial charge is 0.338 e. The van der Waals surface area contributed by atoms with Gasteiger partial charge in [-0.05, 0) is 35.7 Å². The maximum absolute atomic E-state index is 12.0. The molecule has 34 heavy (non-hydrogen) atoms. The van der Waals surface area contributed by atoms with Gasteiger partial charge in [-0.3, -0.25) is 5.32 Å². The fourth-order valence-corrected chi connectivity index (χ4v) is 3.80. The number of fused-ring (bicyclic) bond motifs is 1. The molecule has 1 aliphatic rings. The van der Waals surface area contributed by atoms with Crippen LogP contribution in [0.1, 0.15) is 40.0 Å². The molecule has 6 N–H and O–H groups in total. The molecular formula is C24H20N8O2. The molecule has 10 heteroatoms. The van der Waals surface area contributed by atoms with E-state index in [0.717, 1.165) is 16.7 Å². The quantitative estimate of drug-likeness (QED) is 0.263. The highest BCUT2D eigenvalue weighted by Crippen LogP contribution is 2.43. The number of rotatable bonds is 4. The number of guanidine groups is 1. The normalized spacial score (nSPS) is 14.0. The summed E-state index contributed by atoms with van der Waals surface area (Å²) in [5.41, 5.74) is 15.8. The van der Waals surface area contributed by atoms with Crippen molar-refractivity contribution >= 4 is 29.3 Å². The van der Waals surface area contributed by atoms with E-state index in [0.29, 0.717) is 23.6 Å². The van der Waals surface area contributed by atoms with Crippen LogP contribution in [0.5, 0.6) is 0 Å². The number of benzene rings is 2. The second-order valence-electron chi connectivity index (χ2n) is 7.29. The summed E-state index contributed by atoms with van der Waals surface area (Å²) in [6.07, 6.45) is 1.84. The maximum atomic E-state index is 12.0. The molecule has 4 rings (SSSR count). The molecule has 2 heterocycles. The highest BCUT2D eigenvalue weighted by Gasteiger charge is 2.31. The number of carbonyl (C=O) groups excluding carboxylic acids is 1. The van der Waals surface area contributed by atoms with Gasteiger partial charge in [0.25, 0.3) is 0 Å². The van der Waals surface area contributed by atoms with Gasteiger partial charge in [0, 0.05) is 5.56 Å². The van der Waals surface area contributed by atoms with Crippen molar-refractivity contribution in [1.29, 1.82) is 10.5 Å². The summed E-state index contributed by atoms with van der Waals surface area (Å²) in [6.45, 7) is 2.04. The Morgan fingerprint density at radius 3 is 2.59 bits per heavy atom. The van der Waals surface area contributed by atoms with Crippen LogP contribution in [0.4, 0.5) is 17.3 Å². The molecule has 0 bridgehead atoms. The fraction of sp³-hybridized carbons (Fsp3) is 0.125.